The zero-order chi connectivity index (χ0) is 30.0. The number of aryl methyl sites for hydroxylation is 1. The third-order valence-electron chi connectivity index (χ3n) is 7.95. The predicted molar refractivity (Wildman–Crippen MR) is 149 cm³/mol. The highest BCUT2D eigenvalue weighted by atomic mass is 19.4. The summed E-state index contributed by atoms with van der Waals surface area (Å²) in [5.74, 6) is -3.33. The van der Waals surface area contributed by atoms with Gasteiger partial charge in [0.25, 0.3) is 5.91 Å². The Morgan fingerprint density at radius 3 is 2.31 bits per heavy atom. The molecule has 0 saturated carbocycles. The van der Waals surface area contributed by atoms with Crippen LogP contribution in [-0.2, 0) is 11.2 Å². The number of amides is 2. The molecule has 42 heavy (non-hydrogen) atoms. The molecule has 222 valence electrons. The van der Waals surface area contributed by atoms with E-state index in [1.807, 2.05) is 6.92 Å². The van der Waals surface area contributed by atoms with Gasteiger partial charge in [-0.2, -0.15) is 13.2 Å². The number of alkyl halides is 3. The molecule has 0 spiro atoms. The smallest absolute Gasteiger partial charge is 0.349 e. The molecular formula is C32H32F5N3O2. The van der Waals surface area contributed by atoms with Crippen LogP contribution in [0.4, 0.5) is 22.0 Å². The number of hydrazine groups is 1. The van der Waals surface area contributed by atoms with Gasteiger partial charge in [-0.3, -0.25) is 14.6 Å². The number of nitrogens with one attached hydrogen (secondary N) is 1. The fraction of sp³-hybridized carbons (Fsp3) is 0.375. The Morgan fingerprint density at radius 2 is 1.64 bits per heavy atom. The van der Waals surface area contributed by atoms with E-state index in [4.69, 9.17) is 0 Å². The number of hydrogen-bond acceptors (Lipinski definition) is 3. The number of piperidine rings is 1. The lowest BCUT2D eigenvalue weighted by Crippen LogP contribution is -2.56. The van der Waals surface area contributed by atoms with Crippen LogP contribution in [-0.4, -0.2) is 53.7 Å². The first-order valence-electron chi connectivity index (χ1n) is 14.2. The van der Waals surface area contributed by atoms with Crippen LogP contribution < -0.4 is 5.32 Å². The molecule has 5 rings (SSSR count). The van der Waals surface area contributed by atoms with Crippen LogP contribution in [0.2, 0.25) is 0 Å². The van der Waals surface area contributed by atoms with Gasteiger partial charge in [-0.15, -0.1) is 0 Å². The Kier molecular flexibility index (Phi) is 8.63. The van der Waals surface area contributed by atoms with E-state index in [1.54, 1.807) is 30.3 Å². The van der Waals surface area contributed by atoms with Gasteiger partial charge in [-0.1, -0.05) is 37.6 Å². The van der Waals surface area contributed by atoms with Crippen molar-refractivity contribution in [2.45, 2.75) is 57.2 Å². The summed E-state index contributed by atoms with van der Waals surface area (Å²) in [7, 11) is 0. The molecule has 0 aromatic heterocycles. The lowest BCUT2D eigenvalue weighted by molar-refractivity contribution is -0.194. The lowest BCUT2D eigenvalue weighted by atomic mass is 9.89. The largest absolute Gasteiger partial charge is 0.407 e. The first-order valence-corrected chi connectivity index (χ1v) is 14.2. The first kappa shape index (κ1) is 29.7. The van der Waals surface area contributed by atoms with Crippen LogP contribution in [0.3, 0.4) is 0 Å². The quantitative estimate of drug-likeness (QED) is 0.303. The van der Waals surface area contributed by atoms with E-state index in [0.29, 0.717) is 59.1 Å². The van der Waals surface area contributed by atoms with Crippen LogP contribution in [0.1, 0.15) is 65.6 Å². The molecule has 5 nitrogen and oxygen atoms in total. The molecule has 10 heteroatoms. The summed E-state index contributed by atoms with van der Waals surface area (Å²) in [6, 6.07) is 14.7. The third kappa shape index (κ3) is 6.33. The fourth-order valence-corrected chi connectivity index (χ4v) is 5.98. The van der Waals surface area contributed by atoms with Gasteiger partial charge in [0.05, 0.1) is 5.92 Å². The Hall–Kier alpha value is -3.79. The SMILES string of the molecule is CCCCc1cc(F)cc2c1C(C(=O)N(CC(F)(F)F)N1CCC(NC(=O)c3ccccc3)CC1)c1ccc(F)cc1-2. The molecule has 2 aliphatic rings. The van der Waals surface area contributed by atoms with Gasteiger partial charge < -0.3 is 5.32 Å². The minimum atomic E-state index is -4.69. The molecule has 0 radical (unpaired) electrons. The number of halogens is 5. The van der Waals surface area contributed by atoms with Crippen LogP contribution in [0.25, 0.3) is 11.1 Å². The molecule has 3 aromatic rings. The second-order valence-corrected chi connectivity index (χ2v) is 10.9. The highest BCUT2D eigenvalue weighted by Crippen LogP contribution is 2.48. The standard InChI is InChI=1S/C32H32F5N3O2/c1-2-3-7-21-16-23(34)18-27-26-17-22(33)10-11-25(26)29(28(21)27)31(42)40(19-32(35,36)37)39-14-12-24(13-15-39)38-30(41)20-8-5-4-6-9-20/h4-6,8-11,16-18,24,29H,2-3,7,12-15,19H2,1H3,(H,38,41). The predicted octanol–water partition coefficient (Wildman–Crippen LogP) is 6.62. The van der Waals surface area contributed by atoms with Crippen LogP contribution in [0, 0.1) is 11.6 Å². The molecule has 1 N–H and O–H groups in total. The molecule has 1 saturated heterocycles. The molecule has 1 aliphatic carbocycles. The number of carbonyl (C=O) groups excluding carboxylic acids is 2. The van der Waals surface area contributed by atoms with Gasteiger partial charge in [-0.05, 0) is 89.9 Å². The summed E-state index contributed by atoms with van der Waals surface area (Å²) >= 11 is 0. The van der Waals surface area contributed by atoms with E-state index in [9.17, 15) is 31.5 Å². The average molecular weight is 586 g/mol. The maximum Gasteiger partial charge on any atom is 0.407 e. The number of nitrogens with zero attached hydrogens (tertiary/aromatic N) is 2. The monoisotopic (exact) mass is 585 g/mol. The topological polar surface area (TPSA) is 52.7 Å². The fourth-order valence-electron chi connectivity index (χ4n) is 5.98. The molecule has 1 atom stereocenters. The normalized spacial score (nSPS) is 17.0. The summed E-state index contributed by atoms with van der Waals surface area (Å²) in [5, 5.41) is 5.06. The molecule has 0 bridgehead atoms. The van der Waals surface area contributed by atoms with E-state index >= 15 is 0 Å². The maximum atomic E-state index is 14.7. The second kappa shape index (κ2) is 12.2. The van der Waals surface area contributed by atoms with Crippen molar-refractivity contribution < 1.29 is 31.5 Å². The van der Waals surface area contributed by atoms with Gasteiger partial charge >= 0.3 is 6.18 Å². The molecule has 1 aliphatic heterocycles. The number of carbonyl (C=O) groups is 2. The van der Waals surface area contributed by atoms with E-state index in [1.165, 1.54) is 35.3 Å². The lowest BCUT2D eigenvalue weighted by Gasteiger charge is -2.41. The van der Waals surface area contributed by atoms with E-state index < -0.39 is 36.2 Å². The number of rotatable bonds is 8. The van der Waals surface area contributed by atoms with Gasteiger partial charge in [0.1, 0.15) is 18.2 Å². The molecular weight excluding hydrogens is 553 g/mol. The van der Waals surface area contributed by atoms with E-state index in [-0.39, 0.29) is 25.0 Å². The van der Waals surface area contributed by atoms with Crippen molar-refractivity contribution in [3.8, 4) is 11.1 Å². The van der Waals surface area contributed by atoms with E-state index in [2.05, 4.69) is 5.32 Å². The zero-order valence-corrected chi connectivity index (χ0v) is 23.2. The van der Waals surface area contributed by atoms with Crippen LogP contribution in [0.15, 0.2) is 60.7 Å². The van der Waals surface area contributed by atoms with Crippen molar-refractivity contribution in [1.29, 1.82) is 0 Å². The number of unbranched alkanes of at least 4 members (excludes halogenated alkanes) is 1. The number of hydrogen-bond donors (Lipinski definition) is 1. The van der Waals surface area contributed by atoms with Crippen LogP contribution in [0.5, 0.6) is 0 Å². The molecule has 1 fully saturated rings. The summed E-state index contributed by atoms with van der Waals surface area (Å²) in [6.45, 7) is 0.691. The van der Waals surface area contributed by atoms with E-state index in [0.717, 1.165) is 11.4 Å². The summed E-state index contributed by atoms with van der Waals surface area (Å²) in [4.78, 5) is 26.8. The number of benzene rings is 3. The highest BCUT2D eigenvalue weighted by Gasteiger charge is 2.44. The Labute approximate surface area is 241 Å². The Bertz CT molecular complexity index is 1450. The molecule has 1 heterocycles. The Morgan fingerprint density at radius 1 is 0.952 bits per heavy atom. The second-order valence-electron chi connectivity index (χ2n) is 10.9. The van der Waals surface area contributed by atoms with Crippen LogP contribution >= 0.6 is 0 Å². The zero-order valence-electron chi connectivity index (χ0n) is 23.2. The first-order chi connectivity index (χ1) is 20.1. The van der Waals surface area contributed by atoms with Gasteiger partial charge in [-0.25, -0.2) is 13.8 Å². The highest BCUT2D eigenvalue weighted by molar-refractivity contribution is 5.97. The van der Waals surface area contributed by atoms with Crippen molar-refractivity contribution in [3.63, 3.8) is 0 Å². The van der Waals surface area contributed by atoms with Crippen molar-refractivity contribution >= 4 is 11.8 Å². The summed E-state index contributed by atoms with van der Waals surface area (Å²) in [5.41, 5.74) is 2.47. The Balaban J connectivity index is 1.44. The van der Waals surface area contributed by atoms with Crippen molar-refractivity contribution in [2.24, 2.45) is 0 Å². The van der Waals surface area contributed by atoms with Gasteiger partial charge in [0.15, 0.2) is 0 Å². The summed E-state index contributed by atoms with van der Waals surface area (Å²) < 4.78 is 70.8. The maximum absolute atomic E-state index is 14.7. The molecule has 1 unspecified atom stereocenters. The van der Waals surface area contributed by atoms with Gasteiger partial charge in [0, 0.05) is 24.7 Å². The van der Waals surface area contributed by atoms with Crippen molar-refractivity contribution in [2.75, 3.05) is 19.6 Å². The third-order valence-corrected chi connectivity index (χ3v) is 7.95. The van der Waals surface area contributed by atoms with Crippen molar-refractivity contribution in [1.82, 2.24) is 15.3 Å². The average Bonchev–Trinajstić information content (AvgIpc) is 3.28. The minimum absolute atomic E-state index is 0.115. The molecule has 2 amide bonds. The van der Waals surface area contributed by atoms with Crippen molar-refractivity contribution in [3.05, 3.63) is 94.6 Å². The number of fused-ring (bicyclic) bond motifs is 3. The van der Waals surface area contributed by atoms with Gasteiger partial charge in [0.2, 0.25) is 5.91 Å². The minimum Gasteiger partial charge on any atom is -0.349 e. The molecule has 3 aromatic carbocycles. The summed E-state index contributed by atoms with van der Waals surface area (Å²) in [6.07, 6.45) is -2.08.